The monoisotopic (exact) mass is 436 g/mol. The van der Waals surface area contributed by atoms with Gasteiger partial charge < -0.3 is 14.8 Å². The van der Waals surface area contributed by atoms with Gasteiger partial charge in [-0.3, -0.25) is 19.7 Å². The van der Waals surface area contributed by atoms with Gasteiger partial charge in [-0.15, -0.1) is 0 Å². The molecule has 1 heterocycles. The first-order valence-corrected chi connectivity index (χ1v) is 10.5. The summed E-state index contributed by atoms with van der Waals surface area (Å²) in [6, 6.07) is 11.8. The third-order valence-electron chi connectivity index (χ3n) is 5.98. The number of ether oxygens (including phenoxy) is 2. The number of hydrogen-bond donors (Lipinski definition) is 1. The number of non-ortho nitro benzene ring substituents is 1. The number of amides is 1. The smallest absolute Gasteiger partial charge is 0.269 e. The van der Waals surface area contributed by atoms with E-state index in [1.807, 2.05) is 25.1 Å². The number of nitrogens with one attached hydrogen (secondary N) is 1. The Labute approximate surface area is 185 Å². The normalized spacial score (nSPS) is 20.4. The molecule has 1 N–H and O–H groups in total. The summed E-state index contributed by atoms with van der Waals surface area (Å²) in [6.07, 6.45) is 0.875. The van der Waals surface area contributed by atoms with Crippen LogP contribution in [-0.4, -0.2) is 30.3 Å². The minimum absolute atomic E-state index is 0.0550. The highest BCUT2D eigenvalue weighted by Gasteiger charge is 2.38. The standard InChI is InChI=1S/C24H24N2O6/c1-3-32-21-8-7-14(12-22(21)31-2)16-10-19-24(20(27)11-16)18(13-23(28)25-19)15-5-4-6-17(9-15)26(29)30/h4-9,12,16,18H,3,10-11,13H2,1-2H3,(H,25,28). The van der Waals surface area contributed by atoms with E-state index in [9.17, 15) is 19.7 Å². The maximum atomic E-state index is 13.2. The zero-order chi connectivity index (χ0) is 22.8. The first-order valence-electron chi connectivity index (χ1n) is 10.5. The molecule has 0 saturated carbocycles. The highest BCUT2D eigenvalue weighted by Crippen LogP contribution is 2.44. The minimum Gasteiger partial charge on any atom is -0.493 e. The van der Waals surface area contributed by atoms with Gasteiger partial charge >= 0.3 is 0 Å². The van der Waals surface area contributed by atoms with Crippen LogP contribution in [0.2, 0.25) is 0 Å². The molecule has 2 unspecified atom stereocenters. The molecule has 8 heteroatoms. The van der Waals surface area contributed by atoms with E-state index >= 15 is 0 Å². The van der Waals surface area contributed by atoms with Crippen LogP contribution < -0.4 is 14.8 Å². The summed E-state index contributed by atoms with van der Waals surface area (Å²) in [7, 11) is 1.57. The maximum Gasteiger partial charge on any atom is 0.269 e. The predicted molar refractivity (Wildman–Crippen MR) is 117 cm³/mol. The largest absolute Gasteiger partial charge is 0.493 e. The van der Waals surface area contributed by atoms with Crippen molar-refractivity contribution in [2.75, 3.05) is 13.7 Å². The molecule has 0 fully saturated rings. The number of nitrogens with zero attached hydrogens (tertiary/aromatic N) is 1. The molecule has 2 atom stereocenters. The Balaban J connectivity index is 1.68. The van der Waals surface area contributed by atoms with Gasteiger partial charge in [0.05, 0.1) is 18.6 Å². The number of nitro groups is 1. The maximum absolute atomic E-state index is 13.2. The summed E-state index contributed by atoms with van der Waals surface area (Å²) in [6.45, 7) is 2.41. The van der Waals surface area contributed by atoms with Gasteiger partial charge in [0.25, 0.3) is 5.69 Å². The van der Waals surface area contributed by atoms with Crippen molar-refractivity contribution in [3.05, 3.63) is 75.0 Å². The lowest BCUT2D eigenvalue weighted by Gasteiger charge is -2.34. The van der Waals surface area contributed by atoms with E-state index in [-0.39, 0.29) is 36.1 Å². The van der Waals surface area contributed by atoms with Gasteiger partial charge in [-0.1, -0.05) is 18.2 Å². The Morgan fingerprint density at radius 1 is 1.06 bits per heavy atom. The van der Waals surface area contributed by atoms with Crippen molar-refractivity contribution >= 4 is 17.4 Å². The molecule has 0 bridgehead atoms. The summed E-state index contributed by atoms with van der Waals surface area (Å²) < 4.78 is 11.0. The van der Waals surface area contributed by atoms with Crippen LogP contribution in [0.1, 0.15) is 49.1 Å². The lowest BCUT2D eigenvalue weighted by atomic mass is 9.73. The van der Waals surface area contributed by atoms with Gasteiger partial charge in [-0.2, -0.15) is 0 Å². The number of hydrogen-bond acceptors (Lipinski definition) is 6. The van der Waals surface area contributed by atoms with Crippen LogP contribution in [0.3, 0.4) is 0 Å². The van der Waals surface area contributed by atoms with Crippen LogP contribution in [0.15, 0.2) is 53.7 Å². The number of nitro benzene ring substituents is 1. The molecule has 166 valence electrons. The summed E-state index contributed by atoms with van der Waals surface area (Å²) in [4.78, 5) is 36.4. The molecule has 0 aromatic heterocycles. The summed E-state index contributed by atoms with van der Waals surface area (Å²) >= 11 is 0. The highest BCUT2D eigenvalue weighted by molar-refractivity contribution is 6.02. The van der Waals surface area contributed by atoms with Gasteiger partial charge in [-0.25, -0.2) is 0 Å². The first-order chi connectivity index (χ1) is 15.4. The fourth-order valence-corrected chi connectivity index (χ4v) is 4.55. The van der Waals surface area contributed by atoms with Crippen molar-refractivity contribution < 1.29 is 24.0 Å². The Morgan fingerprint density at radius 3 is 2.59 bits per heavy atom. The Bertz CT molecular complexity index is 1120. The van der Waals surface area contributed by atoms with Crippen molar-refractivity contribution in [3.8, 4) is 11.5 Å². The third-order valence-corrected chi connectivity index (χ3v) is 5.98. The molecule has 2 aromatic rings. The minimum atomic E-state index is -0.484. The molecule has 8 nitrogen and oxygen atoms in total. The Kier molecular flexibility index (Phi) is 5.94. The molecule has 2 aromatic carbocycles. The number of benzene rings is 2. The molecule has 1 amide bonds. The second-order valence-electron chi connectivity index (χ2n) is 7.92. The van der Waals surface area contributed by atoms with Crippen molar-refractivity contribution in [1.82, 2.24) is 5.32 Å². The molecule has 0 saturated heterocycles. The third kappa shape index (κ3) is 4.08. The second-order valence-corrected chi connectivity index (χ2v) is 7.92. The average molecular weight is 436 g/mol. The number of carbonyl (C=O) groups excluding carboxylic acids is 2. The Morgan fingerprint density at radius 2 is 1.88 bits per heavy atom. The van der Waals surface area contributed by atoms with E-state index in [1.54, 1.807) is 19.2 Å². The number of ketones is 1. The molecule has 2 aliphatic rings. The predicted octanol–water partition coefficient (Wildman–Crippen LogP) is 4.01. The van der Waals surface area contributed by atoms with Crippen molar-refractivity contribution in [3.63, 3.8) is 0 Å². The molecule has 4 rings (SSSR count). The average Bonchev–Trinajstić information content (AvgIpc) is 2.78. The molecule has 1 aliphatic carbocycles. The molecular weight excluding hydrogens is 412 g/mol. The van der Waals surface area contributed by atoms with Gasteiger partial charge in [0.1, 0.15) is 0 Å². The number of Topliss-reactive ketones (excluding diaryl/α,β-unsaturated/α-hetero) is 1. The molecule has 1 aliphatic heterocycles. The quantitative estimate of drug-likeness (QED) is 0.542. The van der Waals surface area contributed by atoms with E-state index in [4.69, 9.17) is 9.47 Å². The van der Waals surface area contributed by atoms with Gasteiger partial charge in [0, 0.05) is 42.2 Å². The van der Waals surface area contributed by atoms with Gasteiger partial charge in [0.2, 0.25) is 5.91 Å². The van der Waals surface area contributed by atoms with Crippen LogP contribution in [0.25, 0.3) is 0 Å². The SMILES string of the molecule is CCOc1ccc(C2CC(=O)C3=C(C2)NC(=O)CC3c2cccc([N+](=O)[O-])c2)cc1OC. The zero-order valence-corrected chi connectivity index (χ0v) is 17.9. The number of methoxy groups -OCH3 is 1. The van der Waals surface area contributed by atoms with E-state index in [1.165, 1.54) is 12.1 Å². The number of allylic oxidation sites excluding steroid dienone is 2. The molecule has 0 spiro atoms. The highest BCUT2D eigenvalue weighted by atomic mass is 16.6. The van der Waals surface area contributed by atoms with Crippen molar-refractivity contribution in [2.24, 2.45) is 0 Å². The van der Waals surface area contributed by atoms with Gasteiger partial charge in [0.15, 0.2) is 17.3 Å². The number of carbonyl (C=O) groups is 2. The second kappa shape index (κ2) is 8.82. The lowest BCUT2D eigenvalue weighted by molar-refractivity contribution is -0.384. The summed E-state index contributed by atoms with van der Waals surface area (Å²) in [5.74, 6) is 0.381. The van der Waals surface area contributed by atoms with Crippen LogP contribution in [0.5, 0.6) is 11.5 Å². The van der Waals surface area contributed by atoms with E-state index < -0.39 is 10.8 Å². The fraction of sp³-hybridized carbons (Fsp3) is 0.333. The molecule has 0 radical (unpaired) electrons. The topological polar surface area (TPSA) is 108 Å². The van der Waals surface area contributed by atoms with Crippen molar-refractivity contribution in [1.29, 1.82) is 0 Å². The van der Waals surface area contributed by atoms with Crippen LogP contribution in [0.4, 0.5) is 5.69 Å². The van der Waals surface area contributed by atoms with Crippen molar-refractivity contribution in [2.45, 2.75) is 38.0 Å². The fourth-order valence-electron chi connectivity index (χ4n) is 4.55. The summed E-state index contributed by atoms with van der Waals surface area (Å²) in [5, 5.41) is 14.1. The summed E-state index contributed by atoms with van der Waals surface area (Å²) in [5.41, 5.74) is 2.64. The zero-order valence-electron chi connectivity index (χ0n) is 17.9. The van der Waals surface area contributed by atoms with E-state index in [0.717, 1.165) is 5.56 Å². The van der Waals surface area contributed by atoms with Gasteiger partial charge in [-0.05, 0) is 42.5 Å². The number of rotatable bonds is 6. The Hall–Kier alpha value is -3.68. The molecular formula is C24H24N2O6. The van der Waals surface area contributed by atoms with E-state index in [0.29, 0.717) is 41.4 Å². The lowest BCUT2D eigenvalue weighted by Crippen LogP contribution is -2.38. The van der Waals surface area contributed by atoms with Crippen LogP contribution >= 0.6 is 0 Å². The molecule has 32 heavy (non-hydrogen) atoms. The first kappa shape index (κ1) is 21.5. The van der Waals surface area contributed by atoms with Crippen LogP contribution in [0, 0.1) is 10.1 Å². The van der Waals surface area contributed by atoms with Crippen LogP contribution in [-0.2, 0) is 9.59 Å². The van der Waals surface area contributed by atoms with E-state index in [2.05, 4.69) is 5.32 Å².